The summed E-state index contributed by atoms with van der Waals surface area (Å²) in [7, 11) is 3.28. The molecule has 8 heteroatoms. The van der Waals surface area contributed by atoms with Crippen molar-refractivity contribution in [1.29, 1.82) is 0 Å². The van der Waals surface area contributed by atoms with E-state index in [1.54, 1.807) is 25.6 Å². The van der Waals surface area contributed by atoms with Crippen molar-refractivity contribution in [3.05, 3.63) is 75.9 Å². The first-order valence-corrected chi connectivity index (χ1v) is 13.9. The molecule has 0 radical (unpaired) electrons. The summed E-state index contributed by atoms with van der Waals surface area (Å²) in [5.41, 5.74) is 4.53. The van der Waals surface area contributed by atoms with Crippen LogP contribution in [0.2, 0.25) is 0 Å². The van der Waals surface area contributed by atoms with Crippen LogP contribution in [-0.4, -0.2) is 48.1 Å². The number of hydrogen-bond donors (Lipinski definition) is 0. The van der Waals surface area contributed by atoms with Crippen LogP contribution in [0.15, 0.2) is 48.8 Å². The molecule has 1 aliphatic carbocycles. The summed E-state index contributed by atoms with van der Waals surface area (Å²) in [6.45, 7) is 2.79. The minimum atomic E-state index is -0.253. The molecule has 196 valence electrons. The van der Waals surface area contributed by atoms with Gasteiger partial charge in [0, 0.05) is 11.4 Å². The number of rotatable bonds is 6. The molecule has 7 nitrogen and oxygen atoms in total. The molecule has 0 N–H and O–H groups in total. The molecule has 2 aliphatic rings. The summed E-state index contributed by atoms with van der Waals surface area (Å²) in [5, 5.41) is 0.979. The van der Waals surface area contributed by atoms with Crippen LogP contribution in [0, 0.1) is 5.92 Å². The van der Waals surface area contributed by atoms with Crippen LogP contribution in [0.5, 0.6) is 17.4 Å². The third-order valence-corrected chi connectivity index (χ3v) is 8.86. The van der Waals surface area contributed by atoms with Gasteiger partial charge in [0.15, 0.2) is 18.1 Å². The minimum Gasteiger partial charge on any atom is -0.493 e. The maximum Gasteiger partial charge on any atom is 0.261 e. The van der Waals surface area contributed by atoms with Gasteiger partial charge in [0.1, 0.15) is 11.2 Å². The average Bonchev–Trinajstić information content (AvgIpc) is 3.33. The van der Waals surface area contributed by atoms with Gasteiger partial charge in [-0.25, -0.2) is 9.97 Å². The van der Waals surface area contributed by atoms with Crippen molar-refractivity contribution in [2.45, 2.75) is 38.6 Å². The van der Waals surface area contributed by atoms with E-state index in [9.17, 15) is 4.79 Å². The fourth-order valence-electron chi connectivity index (χ4n) is 5.78. The Morgan fingerprint density at radius 1 is 1.08 bits per heavy atom. The van der Waals surface area contributed by atoms with E-state index in [-0.39, 0.29) is 18.6 Å². The number of carbonyl (C=O) groups is 1. The number of aromatic nitrogens is 2. The van der Waals surface area contributed by atoms with Gasteiger partial charge in [-0.15, -0.1) is 11.3 Å². The van der Waals surface area contributed by atoms with Crippen molar-refractivity contribution in [3.63, 3.8) is 0 Å². The smallest absolute Gasteiger partial charge is 0.261 e. The molecule has 2 aromatic carbocycles. The van der Waals surface area contributed by atoms with Gasteiger partial charge in [0.05, 0.1) is 25.6 Å². The highest BCUT2D eigenvalue weighted by molar-refractivity contribution is 7.18. The number of fused-ring (bicyclic) bond motifs is 4. The van der Waals surface area contributed by atoms with Gasteiger partial charge in [-0.1, -0.05) is 37.3 Å². The van der Waals surface area contributed by atoms with Crippen LogP contribution < -0.4 is 14.2 Å². The van der Waals surface area contributed by atoms with Crippen LogP contribution in [0.25, 0.3) is 10.2 Å². The number of thiophene rings is 1. The van der Waals surface area contributed by atoms with Crippen LogP contribution in [-0.2, 0) is 24.1 Å². The second kappa shape index (κ2) is 10.3. The SMILES string of the molecule is COc1cc2c(cc1OC)[C@@H](c1ccccc1)N(C(=O)COc1ncnc3sc4c(c13)CC[C@H](C)C4)CC2. The van der Waals surface area contributed by atoms with Crippen molar-refractivity contribution in [2.75, 3.05) is 27.4 Å². The lowest BCUT2D eigenvalue weighted by Crippen LogP contribution is -2.43. The molecule has 1 amide bonds. The minimum absolute atomic E-state index is 0.0798. The van der Waals surface area contributed by atoms with Gasteiger partial charge in [0.25, 0.3) is 5.91 Å². The average molecular weight is 530 g/mol. The Morgan fingerprint density at radius 2 is 1.87 bits per heavy atom. The highest BCUT2D eigenvalue weighted by Crippen LogP contribution is 2.42. The topological polar surface area (TPSA) is 73.8 Å². The van der Waals surface area contributed by atoms with Crippen molar-refractivity contribution in [2.24, 2.45) is 5.92 Å². The number of nitrogens with zero attached hydrogens (tertiary/aromatic N) is 3. The summed E-state index contributed by atoms with van der Waals surface area (Å²) in [5.74, 6) is 2.45. The number of benzene rings is 2. The Labute approximate surface area is 226 Å². The Morgan fingerprint density at radius 3 is 2.66 bits per heavy atom. The highest BCUT2D eigenvalue weighted by atomic mass is 32.1. The quantitative estimate of drug-likeness (QED) is 0.334. The third-order valence-electron chi connectivity index (χ3n) is 7.70. The van der Waals surface area contributed by atoms with Gasteiger partial charge in [-0.2, -0.15) is 0 Å². The van der Waals surface area contributed by atoms with E-state index in [4.69, 9.17) is 14.2 Å². The van der Waals surface area contributed by atoms with Gasteiger partial charge in [0.2, 0.25) is 5.88 Å². The highest BCUT2D eigenvalue weighted by Gasteiger charge is 2.34. The molecule has 0 unspecified atom stereocenters. The summed E-state index contributed by atoms with van der Waals surface area (Å²) in [4.78, 5) is 26.9. The zero-order valence-corrected chi connectivity index (χ0v) is 22.7. The molecule has 4 aromatic rings. The monoisotopic (exact) mass is 529 g/mol. The Kier molecular flexibility index (Phi) is 6.66. The van der Waals surface area contributed by atoms with Gasteiger partial charge in [-0.3, -0.25) is 4.79 Å². The first kappa shape index (κ1) is 24.7. The largest absolute Gasteiger partial charge is 0.493 e. The molecule has 38 heavy (non-hydrogen) atoms. The van der Waals surface area contributed by atoms with Crippen molar-refractivity contribution in [1.82, 2.24) is 14.9 Å². The van der Waals surface area contributed by atoms with E-state index < -0.39 is 0 Å². The third kappa shape index (κ3) is 4.36. The molecular weight excluding hydrogens is 498 g/mol. The lowest BCUT2D eigenvalue weighted by Gasteiger charge is -2.38. The van der Waals surface area contributed by atoms with E-state index in [2.05, 4.69) is 29.0 Å². The first-order chi connectivity index (χ1) is 18.6. The van der Waals surface area contributed by atoms with Gasteiger partial charge in [-0.05, 0) is 66.0 Å². The maximum absolute atomic E-state index is 13.8. The molecule has 2 aromatic heterocycles. The van der Waals surface area contributed by atoms with Crippen LogP contribution in [0.1, 0.15) is 46.5 Å². The number of aryl methyl sites for hydroxylation is 1. The molecule has 0 saturated heterocycles. The van der Waals surface area contributed by atoms with E-state index >= 15 is 0 Å². The molecule has 0 bridgehead atoms. The zero-order valence-electron chi connectivity index (χ0n) is 21.9. The van der Waals surface area contributed by atoms with Crippen LogP contribution in [0.3, 0.4) is 0 Å². The molecule has 0 fully saturated rings. The number of amides is 1. The number of hydrogen-bond acceptors (Lipinski definition) is 7. The van der Waals surface area contributed by atoms with Gasteiger partial charge < -0.3 is 19.1 Å². The van der Waals surface area contributed by atoms with E-state index in [0.29, 0.717) is 29.8 Å². The number of methoxy groups -OCH3 is 2. The Hall–Kier alpha value is -3.65. The zero-order chi connectivity index (χ0) is 26.2. The Bertz CT molecular complexity index is 1490. The molecule has 2 atom stereocenters. The van der Waals surface area contributed by atoms with E-state index in [0.717, 1.165) is 52.6 Å². The van der Waals surface area contributed by atoms with Crippen molar-refractivity contribution in [3.8, 4) is 17.4 Å². The van der Waals surface area contributed by atoms with Crippen molar-refractivity contribution < 1.29 is 19.0 Å². The summed E-state index contributed by atoms with van der Waals surface area (Å²) >= 11 is 1.73. The molecule has 1 aliphatic heterocycles. The second-order valence-corrected chi connectivity index (χ2v) is 11.1. The fourth-order valence-corrected chi connectivity index (χ4v) is 7.12. The summed E-state index contributed by atoms with van der Waals surface area (Å²) in [6.07, 6.45) is 5.47. The molecule has 0 saturated carbocycles. The van der Waals surface area contributed by atoms with Crippen molar-refractivity contribution >= 4 is 27.5 Å². The normalized spacial score (nSPS) is 18.6. The van der Waals surface area contributed by atoms with Gasteiger partial charge >= 0.3 is 0 Å². The second-order valence-electron chi connectivity index (χ2n) is 10.1. The number of ether oxygens (including phenoxy) is 3. The molecule has 0 spiro atoms. The molecular formula is C30H31N3O4S. The maximum atomic E-state index is 13.8. The lowest BCUT2D eigenvalue weighted by molar-refractivity contribution is -0.135. The Balaban J connectivity index is 1.31. The first-order valence-electron chi connectivity index (χ1n) is 13.0. The predicted octanol–water partition coefficient (Wildman–Crippen LogP) is 5.39. The summed E-state index contributed by atoms with van der Waals surface area (Å²) in [6, 6.07) is 13.9. The lowest BCUT2D eigenvalue weighted by atomic mass is 9.87. The van der Waals surface area contributed by atoms with E-state index in [1.165, 1.54) is 16.8 Å². The van der Waals surface area contributed by atoms with E-state index in [1.807, 2.05) is 35.2 Å². The predicted molar refractivity (Wildman–Crippen MR) is 147 cm³/mol. The fraction of sp³-hybridized carbons (Fsp3) is 0.367. The molecule has 6 rings (SSSR count). The molecule has 3 heterocycles. The van der Waals surface area contributed by atoms with Crippen LogP contribution in [0.4, 0.5) is 0 Å². The number of carbonyl (C=O) groups excluding carboxylic acids is 1. The summed E-state index contributed by atoms with van der Waals surface area (Å²) < 4.78 is 17.3. The standard InChI is InChI=1S/C30H31N3O4S/c1-18-9-10-21-25(13-18)38-30-27(21)29(31-17-32-30)37-16-26(34)33-12-11-20-14-23(35-2)24(36-3)15-22(20)28(33)19-7-5-4-6-8-19/h4-8,14-15,17-18,28H,9-13,16H2,1-3H3/t18-,28+/m0/s1. The van der Waals surface area contributed by atoms with Crippen LogP contribution >= 0.6 is 11.3 Å².